The van der Waals surface area contributed by atoms with E-state index in [2.05, 4.69) is 36.6 Å². The number of carbonyl (C=O) groups is 4. The summed E-state index contributed by atoms with van der Waals surface area (Å²) in [5.74, 6) is -1.50. The van der Waals surface area contributed by atoms with Crippen LogP contribution in [0.2, 0.25) is 0 Å². The van der Waals surface area contributed by atoms with Crippen LogP contribution in [-0.4, -0.2) is 75.1 Å². The lowest BCUT2D eigenvalue weighted by molar-refractivity contribution is -0.133. The summed E-state index contributed by atoms with van der Waals surface area (Å²) in [4.78, 5) is 53.8. The van der Waals surface area contributed by atoms with Crippen molar-refractivity contribution in [2.24, 2.45) is 0 Å². The van der Waals surface area contributed by atoms with E-state index in [-0.39, 0.29) is 32.0 Å². The molecule has 0 aliphatic carbocycles. The van der Waals surface area contributed by atoms with Crippen LogP contribution in [0.4, 0.5) is 5.69 Å². The monoisotopic (exact) mass is 562 g/mol. The van der Waals surface area contributed by atoms with Crippen LogP contribution in [0.5, 0.6) is 0 Å². The number of nitrogens with one attached hydrogen (secondary N) is 4. The van der Waals surface area contributed by atoms with Gasteiger partial charge < -0.3 is 20.7 Å². The number of rotatable bonds is 11. The third kappa shape index (κ3) is 8.18. The SMILES string of the molecule is CC(C)(C)OCC(NC(=O)Cc1ccccc1)C(=O)NCC(=O)N1c2ccccc2C[C@H]1C(=O)NCc1nn[nH]n1. The molecule has 0 spiro atoms. The lowest BCUT2D eigenvalue weighted by Gasteiger charge is -2.26. The maximum Gasteiger partial charge on any atom is 0.247 e. The van der Waals surface area contributed by atoms with E-state index in [0.717, 1.165) is 11.1 Å². The summed E-state index contributed by atoms with van der Waals surface area (Å²) in [6, 6.07) is 14.5. The summed E-state index contributed by atoms with van der Waals surface area (Å²) in [6.45, 7) is 5.09. The second-order valence-corrected chi connectivity index (χ2v) is 10.6. The lowest BCUT2D eigenvalue weighted by atomic mass is 10.1. The molecule has 3 aromatic rings. The van der Waals surface area contributed by atoms with Crippen LogP contribution in [-0.2, 0) is 43.3 Å². The number of aromatic amines is 1. The minimum Gasteiger partial charge on any atom is -0.373 e. The smallest absolute Gasteiger partial charge is 0.247 e. The van der Waals surface area contributed by atoms with Crippen molar-refractivity contribution >= 4 is 29.3 Å². The highest BCUT2D eigenvalue weighted by Crippen LogP contribution is 2.32. The molecule has 0 bridgehead atoms. The molecule has 13 nitrogen and oxygen atoms in total. The molecule has 0 fully saturated rings. The molecule has 1 unspecified atom stereocenters. The summed E-state index contributed by atoms with van der Waals surface area (Å²) in [7, 11) is 0. The number of carbonyl (C=O) groups excluding carboxylic acids is 4. The average molecular weight is 563 g/mol. The highest BCUT2D eigenvalue weighted by molar-refractivity contribution is 6.05. The zero-order valence-corrected chi connectivity index (χ0v) is 23.2. The zero-order chi connectivity index (χ0) is 29.4. The molecule has 1 aliphatic rings. The van der Waals surface area contributed by atoms with Gasteiger partial charge in [-0.05, 0) is 38.0 Å². The van der Waals surface area contributed by atoms with Gasteiger partial charge in [0.25, 0.3) is 0 Å². The number of anilines is 1. The number of ether oxygens (including phenoxy) is 1. The van der Waals surface area contributed by atoms with Gasteiger partial charge in [0.15, 0.2) is 5.82 Å². The first-order chi connectivity index (χ1) is 19.6. The number of hydrogen-bond donors (Lipinski definition) is 4. The van der Waals surface area contributed by atoms with E-state index in [1.165, 1.54) is 4.90 Å². The Morgan fingerprint density at radius 2 is 1.78 bits per heavy atom. The largest absolute Gasteiger partial charge is 0.373 e. The Balaban J connectivity index is 1.41. The molecular formula is C28H34N8O5. The minimum absolute atomic E-state index is 0.0408. The first kappa shape index (κ1) is 29.3. The van der Waals surface area contributed by atoms with Crippen LogP contribution in [0.25, 0.3) is 0 Å². The third-order valence-electron chi connectivity index (χ3n) is 6.31. The number of benzene rings is 2. The molecule has 1 aliphatic heterocycles. The molecule has 0 radical (unpaired) electrons. The van der Waals surface area contributed by atoms with Gasteiger partial charge in [-0.1, -0.05) is 53.7 Å². The van der Waals surface area contributed by atoms with E-state index in [0.29, 0.717) is 17.9 Å². The standard InChI is InChI=1S/C28H34N8O5/c1-28(2,3)41-17-20(31-24(37)13-18-9-5-4-6-10-18)26(39)30-16-25(38)36-21-12-8-7-11-19(21)14-22(36)27(40)29-15-23-32-34-35-33-23/h4-12,20,22H,13-17H2,1-3H3,(H,29,40)(H,30,39)(H,31,37)(H,32,33,34,35)/t20?,22-/m0/s1. The van der Waals surface area contributed by atoms with Crippen LogP contribution in [0.15, 0.2) is 54.6 Å². The number of tetrazole rings is 1. The van der Waals surface area contributed by atoms with Crippen molar-refractivity contribution in [3.8, 4) is 0 Å². The number of H-pyrrole nitrogens is 1. The first-order valence-corrected chi connectivity index (χ1v) is 13.3. The van der Waals surface area contributed by atoms with Gasteiger partial charge in [0.05, 0.1) is 31.7 Å². The molecule has 4 amide bonds. The second kappa shape index (κ2) is 13.1. The van der Waals surface area contributed by atoms with Crippen molar-refractivity contribution in [2.45, 2.75) is 57.8 Å². The Morgan fingerprint density at radius 3 is 2.49 bits per heavy atom. The van der Waals surface area contributed by atoms with E-state index in [4.69, 9.17) is 4.74 Å². The number of aromatic nitrogens is 4. The summed E-state index contributed by atoms with van der Waals surface area (Å²) in [5, 5.41) is 21.5. The molecule has 1 aromatic heterocycles. The molecule has 13 heteroatoms. The Bertz CT molecular complexity index is 1360. The molecule has 41 heavy (non-hydrogen) atoms. The van der Waals surface area contributed by atoms with Gasteiger partial charge in [-0.15, -0.1) is 10.2 Å². The van der Waals surface area contributed by atoms with Crippen LogP contribution in [0.1, 0.15) is 37.7 Å². The van der Waals surface area contributed by atoms with E-state index >= 15 is 0 Å². The number of para-hydroxylation sites is 1. The average Bonchev–Trinajstić information content (AvgIpc) is 3.60. The van der Waals surface area contributed by atoms with Crippen molar-refractivity contribution in [1.29, 1.82) is 0 Å². The number of amides is 4. The lowest BCUT2D eigenvalue weighted by Crippen LogP contribution is -2.54. The topological polar surface area (TPSA) is 171 Å². The van der Waals surface area contributed by atoms with Crippen molar-refractivity contribution in [3.63, 3.8) is 0 Å². The van der Waals surface area contributed by atoms with Crippen LogP contribution >= 0.6 is 0 Å². The molecule has 216 valence electrons. The molecule has 2 atom stereocenters. The Labute approximate surface area is 237 Å². The fraction of sp³-hybridized carbons (Fsp3) is 0.393. The van der Waals surface area contributed by atoms with Gasteiger partial charge in [0, 0.05) is 12.1 Å². The van der Waals surface area contributed by atoms with Crippen molar-refractivity contribution < 1.29 is 23.9 Å². The fourth-order valence-electron chi connectivity index (χ4n) is 4.36. The van der Waals surface area contributed by atoms with Gasteiger partial charge in [0.1, 0.15) is 12.1 Å². The Kier molecular flexibility index (Phi) is 9.40. The van der Waals surface area contributed by atoms with Crippen LogP contribution in [0, 0.1) is 0 Å². The summed E-state index contributed by atoms with van der Waals surface area (Å²) in [5.41, 5.74) is 1.67. The molecule has 0 saturated carbocycles. The van der Waals surface area contributed by atoms with Crippen molar-refractivity contribution in [2.75, 3.05) is 18.1 Å². The molecule has 0 saturated heterocycles. The highest BCUT2D eigenvalue weighted by atomic mass is 16.5. The predicted molar refractivity (Wildman–Crippen MR) is 148 cm³/mol. The molecule has 2 heterocycles. The van der Waals surface area contributed by atoms with Gasteiger partial charge in [0.2, 0.25) is 23.6 Å². The van der Waals surface area contributed by atoms with E-state index in [9.17, 15) is 19.2 Å². The van der Waals surface area contributed by atoms with Gasteiger partial charge in [-0.25, -0.2) is 0 Å². The molecule has 4 N–H and O–H groups in total. The number of fused-ring (bicyclic) bond motifs is 1. The maximum atomic E-state index is 13.4. The van der Waals surface area contributed by atoms with E-state index < -0.39 is 35.4 Å². The summed E-state index contributed by atoms with van der Waals surface area (Å²) < 4.78 is 5.78. The second-order valence-electron chi connectivity index (χ2n) is 10.6. The van der Waals surface area contributed by atoms with Crippen molar-refractivity contribution in [3.05, 3.63) is 71.5 Å². The van der Waals surface area contributed by atoms with Crippen LogP contribution in [0.3, 0.4) is 0 Å². The van der Waals surface area contributed by atoms with E-state index in [1.54, 1.807) is 12.1 Å². The van der Waals surface area contributed by atoms with Gasteiger partial charge >= 0.3 is 0 Å². The molecule has 4 rings (SSSR count). The van der Waals surface area contributed by atoms with Gasteiger partial charge in [-0.2, -0.15) is 5.21 Å². The quantitative estimate of drug-likeness (QED) is 0.261. The summed E-state index contributed by atoms with van der Waals surface area (Å²) >= 11 is 0. The third-order valence-corrected chi connectivity index (χ3v) is 6.31. The maximum absolute atomic E-state index is 13.4. The minimum atomic E-state index is -1.03. The summed E-state index contributed by atoms with van der Waals surface area (Å²) in [6.07, 6.45) is 0.399. The predicted octanol–water partition coefficient (Wildman–Crippen LogP) is 0.433. The number of nitrogens with zero attached hydrogens (tertiary/aromatic N) is 4. The van der Waals surface area contributed by atoms with Gasteiger partial charge in [-0.3, -0.25) is 24.1 Å². The molecular weight excluding hydrogens is 528 g/mol. The Morgan fingerprint density at radius 1 is 1.05 bits per heavy atom. The number of hydrogen-bond acceptors (Lipinski definition) is 8. The normalized spacial score (nSPS) is 15.1. The zero-order valence-electron chi connectivity index (χ0n) is 23.2. The highest BCUT2D eigenvalue weighted by Gasteiger charge is 2.38. The fourth-order valence-corrected chi connectivity index (χ4v) is 4.36. The van der Waals surface area contributed by atoms with Crippen LogP contribution < -0.4 is 20.9 Å². The Hall–Kier alpha value is -4.65. The van der Waals surface area contributed by atoms with E-state index in [1.807, 2.05) is 63.2 Å². The molecule has 2 aromatic carbocycles. The van der Waals surface area contributed by atoms with Crippen molar-refractivity contribution in [1.82, 2.24) is 36.6 Å². The first-order valence-electron chi connectivity index (χ1n) is 13.3.